The van der Waals surface area contributed by atoms with Gasteiger partial charge in [-0.15, -0.1) is 0 Å². The topological polar surface area (TPSA) is 8.17 Å². The predicted octanol–water partition coefficient (Wildman–Crippen LogP) is 16.9. The molecule has 0 bridgehead atoms. The van der Waals surface area contributed by atoms with Crippen LogP contribution in [0.4, 0.5) is 17.1 Å². The molecular formula is C65H71BN2. The maximum Gasteiger partial charge on any atom is 0.333 e. The maximum absolute atomic E-state index is 2.79. The molecule has 2 nitrogen and oxygen atoms in total. The average Bonchev–Trinajstić information content (AvgIpc) is 3.61. The van der Waals surface area contributed by atoms with Crippen LogP contribution in [0.5, 0.6) is 0 Å². The number of hydrogen-bond donors (Lipinski definition) is 0. The summed E-state index contributed by atoms with van der Waals surface area (Å²) in [5.74, 6) is 0. The van der Waals surface area contributed by atoms with Crippen molar-refractivity contribution >= 4 is 45.7 Å². The highest BCUT2D eigenvalue weighted by molar-refractivity contribution is 6.90. The van der Waals surface area contributed by atoms with E-state index in [0.717, 1.165) is 0 Å². The number of fused-ring (bicyclic) bond motifs is 4. The Kier molecular flexibility index (Phi) is 10.4. The van der Waals surface area contributed by atoms with Gasteiger partial charge < -0.3 is 9.38 Å². The van der Waals surface area contributed by atoms with Gasteiger partial charge in [-0.05, 0) is 137 Å². The van der Waals surface area contributed by atoms with Crippen LogP contribution in [0.1, 0.15) is 137 Å². The molecule has 0 aliphatic carbocycles. The highest BCUT2D eigenvalue weighted by Gasteiger charge is 2.45. The minimum Gasteiger partial charge on any atom is -0.375 e. The Morgan fingerprint density at radius 3 is 1.51 bits per heavy atom. The molecular weight excluding hydrogens is 820 g/mol. The van der Waals surface area contributed by atoms with Crippen molar-refractivity contribution in [3.8, 4) is 44.6 Å². The van der Waals surface area contributed by atoms with Crippen LogP contribution in [0.25, 0.3) is 55.5 Å². The Morgan fingerprint density at radius 2 is 0.926 bits per heavy atom. The molecule has 0 radical (unpaired) electrons. The molecule has 3 heterocycles. The summed E-state index contributed by atoms with van der Waals surface area (Å²) in [5.41, 5.74) is 25.7. The molecule has 344 valence electrons. The molecule has 0 spiro atoms. The zero-order chi connectivity index (χ0) is 48.6. The Labute approximate surface area is 408 Å². The van der Waals surface area contributed by atoms with Gasteiger partial charge in [-0.25, -0.2) is 0 Å². The molecule has 0 saturated heterocycles. The molecule has 68 heavy (non-hydrogen) atoms. The first-order chi connectivity index (χ1) is 31.8. The first kappa shape index (κ1) is 45.7. The number of nitrogens with zero attached hydrogens (tertiary/aromatic N) is 2. The van der Waals surface area contributed by atoms with Gasteiger partial charge in [-0.3, -0.25) is 0 Å². The molecule has 0 saturated carbocycles. The summed E-state index contributed by atoms with van der Waals surface area (Å²) in [6.45, 7) is 37.5. The average molecular weight is 891 g/mol. The first-order valence-electron chi connectivity index (χ1n) is 25.0. The third-order valence-corrected chi connectivity index (χ3v) is 15.1. The molecule has 0 atom stereocenters. The van der Waals surface area contributed by atoms with E-state index in [9.17, 15) is 0 Å². The van der Waals surface area contributed by atoms with Crippen LogP contribution in [-0.4, -0.2) is 11.3 Å². The lowest BCUT2D eigenvalue weighted by molar-refractivity contribution is 0.568. The van der Waals surface area contributed by atoms with Gasteiger partial charge in [0.05, 0.1) is 0 Å². The van der Waals surface area contributed by atoms with E-state index in [-0.39, 0.29) is 33.9 Å². The third kappa shape index (κ3) is 7.56. The molecule has 2 aliphatic rings. The van der Waals surface area contributed by atoms with Crippen LogP contribution in [0, 0.1) is 6.92 Å². The van der Waals surface area contributed by atoms with Crippen molar-refractivity contribution in [2.24, 2.45) is 0 Å². The Bertz CT molecular complexity index is 3260. The van der Waals surface area contributed by atoms with Gasteiger partial charge in [0.2, 0.25) is 0 Å². The molecule has 7 aromatic carbocycles. The van der Waals surface area contributed by atoms with Gasteiger partial charge >= 0.3 is 6.85 Å². The Balaban J connectivity index is 1.42. The number of anilines is 3. The summed E-state index contributed by atoms with van der Waals surface area (Å²) in [4.78, 5) is 2.65. The third-order valence-electron chi connectivity index (χ3n) is 15.1. The van der Waals surface area contributed by atoms with E-state index in [4.69, 9.17) is 0 Å². The molecule has 0 amide bonds. The summed E-state index contributed by atoms with van der Waals surface area (Å²) in [5, 5.41) is 1.32. The van der Waals surface area contributed by atoms with Crippen LogP contribution in [0.3, 0.4) is 0 Å². The van der Waals surface area contributed by atoms with E-state index in [1.54, 1.807) is 0 Å². The summed E-state index contributed by atoms with van der Waals surface area (Å²) < 4.78 is 2.79. The summed E-state index contributed by atoms with van der Waals surface area (Å²) in [7, 11) is 0. The van der Waals surface area contributed by atoms with E-state index in [1.807, 2.05) is 0 Å². The standard InChI is InChI=1S/C65H71BN2/c1-40-22-20-21-25-50(40)60-57(42-23-18-17-19-24-42)53-38-47(64(11,12)13)37-52-51-36-48(65(14,15)16)39-56-58(51)66(68(60)59(52)53)54-32-43(41-26-29-44(30-27-41)61(2,3)4)28-31-55(54)67(56)49-34-45(62(5,6)7)33-46(35-49)63(8,9)10/h17-39H,1-16H3. The minimum absolute atomic E-state index is 0.0533. The normalized spacial score (nSPS) is 13.8. The fourth-order valence-corrected chi connectivity index (χ4v) is 10.9. The van der Waals surface area contributed by atoms with Crippen molar-refractivity contribution in [2.75, 3.05) is 4.90 Å². The molecule has 3 heteroatoms. The summed E-state index contributed by atoms with van der Waals surface area (Å²) in [6, 6.07) is 54.6. The monoisotopic (exact) mass is 891 g/mol. The van der Waals surface area contributed by atoms with Crippen LogP contribution in [0.15, 0.2) is 140 Å². The van der Waals surface area contributed by atoms with Gasteiger partial charge in [-0.2, -0.15) is 0 Å². The van der Waals surface area contributed by atoms with Crippen LogP contribution in [-0.2, 0) is 27.1 Å². The lowest BCUT2D eigenvalue weighted by Crippen LogP contribution is -2.57. The lowest BCUT2D eigenvalue weighted by Gasteiger charge is -2.43. The predicted molar refractivity (Wildman–Crippen MR) is 297 cm³/mol. The summed E-state index contributed by atoms with van der Waals surface area (Å²) in [6.07, 6.45) is 0. The number of rotatable bonds is 4. The number of hydrogen-bond acceptors (Lipinski definition) is 1. The van der Waals surface area contributed by atoms with Crippen molar-refractivity contribution in [3.05, 3.63) is 173 Å². The number of benzene rings is 7. The smallest absolute Gasteiger partial charge is 0.333 e. The Morgan fingerprint density at radius 1 is 0.397 bits per heavy atom. The van der Waals surface area contributed by atoms with Gasteiger partial charge in [0.15, 0.2) is 0 Å². The lowest BCUT2D eigenvalue weighted by atomic mass is 9.44. The fraction of sp³-hybridized carbons (Fsp3) is 0.323. The van der Waals surface area contributed by atoms with Gasteiger partial charge in [-0.1, -0.05) is 207 Å². The quantitative estimate of drug-likeness (QED) is 0.160. The minimum atomic E-state index is -0.121. The number of aromatic nitrogens is 1. The maximum atomic E-state index is 2.79. The number of aryl methyl sites for hydroxylation is 1. The van der Waals surface area contributed by atoms with Gasteiger partial charge in [0, 0.05) is 50.3 Å². The van der Waals surface area contributed by atoms with Crippen LogP contribution < -0.4 is 15.8 Å². The first-order valence-corrected chi connectivity index (χ1v) is 25.0. The van der Waals surface area contributed by atoms with Gasteiger partial charge in [0.1, 0.15) is 0 Å². The van der Waals surface area contributed by atoms with Gasteiger partial charge in [0.25, 0.3) is 0 Å². The largest absolute Gasteiger partial charge is 0.375 e. The van der Waals surface area contributed by atoms with E-state index >= 15 is 0 Å². The van der Waals surface area contributed by atoms with E-state index < -0.39 is 0 Å². The fourth-order valence-electron chi connectivity index (χ4n) is 10.9. The molecule has 0 unspecified atom stereocenters. The van der Waals surface area contributed by atoms with E-state index in [0.29, 0.717) is 0 Å². The Hall–Kier alpha value is -6.06. The molecule has 0 N–H and O–H groups in total. The van der Waals surface area contributed by atoms with Crippen molar-refractivity contribution in [2.45, 2.75) is 138 Å². The van der Waals surface area contributed by atoms with Crippen molar-refractivity contribution < 1.29 is 0 Å². The molecule has 2 aliphatic heterocycles. The SMILES string of the molecule is Cc1ccccc1-c1c(-c2ccccc2)c2cc(C(C)(C)C)cc3c2n1B1c2cc(-c4ccc(C(C)(C)C)cc4)ccc2N(c2cc(C(C)(C)C)cc(C(C)(C)C)c2)c2cc(C(C)(C)C)cc-3c21. The molecule has 10 rings (SSSR count). The zero-order valence-corrected chi connectivity index (χ0v) is 43.8. The second kappa shape index (κ2) is 15.5. The highest BCUT2D eigenvalue weighted by Crippen LogP contribution is 2.52. The second-order valence-corrected chi connectivity index (χ2v) is 25.3. The second-order valence-electron chi connectivity index (χ2n) is 25.3. The molecule has 8 aromatic rings. The van der Waals surface area contributed by atoms with Crippen LogP contribution >= 0.6 is 0 Å². The highest BCUT2D eigenvalue weighted by atomic mass is 15.2. The van der Waals surface area contributed by atoms with E-state index in [2.05, 4.69) is 260 Å². The van der Waals surface area contributed by atoms with Crippen LogP contribution in [0.2, 0.25) is 0 Å². The van der Waals surface area contributed by atoms with Crippen molar-refractivity contribution in [1.29, 1.82) is 0 Å². The van der Waals surface area contributed by atoms with E-state index in [1.165, 1.54) is 117 Å². The van der Waals surface area contributed by atoms with Crippen molar-refractivity contribution in [1.82, 2.24) is 4.48 Å². The zero-order valence-electron chi connectivity index (χ0n) is 43.8. The molecule has 0 fully saturated rings. The summed E-state index contributed by atoms with van der Waals surface area (Å²) >= 11 is 0. The molecule has 1 aromatic heterocycles. The van der Waals surface area contributed by atoms with Crippen molar-refractivity contribution in [3.63, 3.8) is 0 Å².